The fraction of sp³-hybridized carbons (Fsp3) is 0.0909. The van der Waals surface area contributed by atoms with Gasteiger partial charge in [-0.3, -0.25) is 0 Å². The van der Waals surface area contributed by atoms with Crippen LogP contribution in [0.15, 0.2) is 72.8 Å². The molecule has 0 radical (unpaired) electrons. The van der Waals surface area contributed by atoms with Gasteiger partial charge in [-0.05, 0) is 29.8 Å². The minimum absolute atomic E-state index is 0.215. The van der Waals surface area contributed by atoms with Crippen LogP contribution in [0.5, 0.6) is 0 Å². The first kappa shape index (κ1) is 16.8. The molecule has 27 heavy (non-hydrogen) atoms. The Bertz CT molecular complexity index is 1070. The van der Waals surface area contributed by atoms with Crippen molar-refractivity contribution in [2.75, 3.05) is 12.4 Å². The number of carbonyl (C=O) groups excluding carboxylic acids is 1. The summed E-state index contributed by atoms with van der Waals surface area (Å²) in [5.41, 5.74) is 4.73. The second-order valence-corrected chi connectivity index (χ2v) is 6.17. The van der Waals surface area contributed by atoms with Gasteiger partial charge in [-0.1, -0.05) is 48.5 Å². The van der Waals surface area contributed by atoms with Crippen molar-refractivity contribution in [3.05, 3.63) is 78.4 Å². The third-order valence-corrected chi connectivity index (χ3v) is 4.36. The summed E-state index contributed by atoms with van der Waals surface area (Å²) in [6.45, 7) is 0.215. The number of rotatable bonds is 4. The molecule has 5 nitrogen and oxygen atoms in total. The molecule has 4 aromatic rings. The first-order chi connectivity index (χ1) is 13.2. The Labute approximate surface area is 157 Å². The standard InChI is InChI=1S/C22H19N3O2/c1-23-22(26)27-14-15-7-6-8-16(13-15)24-21-17-9-2-4-11-19(17)25-20-12-5-3-10-18(20)21/h2-13H,14H2,1H3,(H,23,26)(H,24,25). The molecule has 1 aromatic heterocycles. The molecule has 1 heterocycles. The van der Waals surface area contributed by atoms with Crippen LogP contribution in [0.3, 0.4) is 0 Å². The maximum absolute atomic E-state index is 11.3. The summed E-state index contributed by atoms with van der Waals surface area (Å²) in [5.74, 6) is 0. The highest BCUT2D eigenvalue weighted by molar-refractivity contribution is 6.08. The molecule has 0 fully saturated rings. The summed E-state index contributed by atoms with van der Waals surface area (Å²) in [7, 11) is 1.54. The Morgan fingerprint density at radius 2 is 1.59 bits per heavy atom. The molecule has 0 aliphatic carbocycles. The van der Waals surface area contributed by atoms with Crippen LogP contribution in [0.4, 0.5) is 16.2 Å². The lowest BCUT2D eigenvalue weighted by atomic mass is 10.1. The number of ether oxygens (including phenoxy) is 1. The molecule has 2 N–H and O–H groups in total. The number of hydrogen-bond donors (Lipinski definition) is 2. The summed E-state index contributed by atoms with van der Waals surface area (Å²) < 4.78 is 5.14. The van der Waals surface area contributed by atoms with Crippen LogP contribution in [0, 0.1) is 0 Å². The van der Waals surface area contributed by atoms with Crippen LogP contribution in [-0.4, -0.2) is 18.1 Å². The number of alkyl carbamates (subject to hydrolysis) is 1. The molecule has 0 saturated carbocycles. The van der Waals surface area contributed by atoms with E-state index in [2.05, 4.69) is 22.8 Å². The van der Waals surface area contributed by atoms with Gasteiger partial charge in [0.15, 0.2) is 0 Å². The second-order valence-electron chi connectivity index (χ2n) is 6.17. The van der Waals surface area contributed by atoms with Gasteiger partial charge in [0.1, 0.15) is 6.61 Å². The van der Waals surface area contributed by atoms with E-state index >= 15 is 0 Å². The number of amides is 1. The van der Waals surface area contributed by atoms with Gasteiger partial charge in [-0.25, -0.2) is 9.78 Å². The maximum Gasteiger partial charge on any atom is 0.407 e. The smallest absolute Gasteiger partial charge is 0.407 e. The quantitative estimate of drug-likeness (QED) is 0.505. The third-order valence-electron chi connectivity index (χ3n) is 4.36. The summed E-state index contributed by atoms with van der Waals surface area (Å²) >= 11 is 0. The molecule has 3 aromatic carbocycles. The van der Waals surface area contributed by atoms with Crippen LogP contribution in [0.2, 0.25) is 0 Å². The number of benzene rings is 3. The van der Waals surface area contributed by atoms with Crippen molar-refractivity contribution in [1.29, 1.82) is 0 Å². The highest BCUT2D eigenvalue weighted by atomic mass is 16.5. The van der Waals surface area contributed by atoms with E-state index in [0.717, 1.165) is 38.7 Å². The van der Waals surface area contributed by atoms with Crippen LogP contribution in [0.1, 0.15) is 5.56 Å². The number of para-hydroxylation sites is 2. The summed E-state index contributed by atoms with van der Waals surface area (Å²) in [6.07, 6.45) is -0.445. The van der Waals surface area contributed by atoms with Gasteiger partial charge in [0.2, 0.25) is 0 Å². The zero-order chi connectivity index (χ0) is 18.6. The lowest BCUT2D eigenvalue weighted by Crippen LogP contribution is -2.18. The predicted molar refractivity (Wildman–Crippen MR) is 108 cm³/mol. The maximum atomic E-state index is 11.3. The minimum Gasteiger partial charge on any atom is -0.445 e. The van der Waals surface area contributed by atoms with Gasteiger partial charge < -0.3 is 15.4 Å². The van der Waals surface area contributed by atoms with Gasteiger partial charge in [0.25, 0.3) is 0 Å². The highest BCUT2D eigenvalue weighted by Crippen LogP contribution is 2.33. The Kier molecular flexibility index (Phi) is 4.58. The van der Waals surface area contributed by atoms with Crippen molar-refractivity contribution in [3.8, 4) is 0 Å². The van der Waals surface area contributed by atoms with Crippen LogP contribution in [0.25, 0.3) is 21.8 Å². The molecule has 5 heteroatoms. The molecule has 0 aliphatic rings. The molecule has 134 valence electrons. The van der Waals surface area contributed by atoms with Crippen molar-refractivity contribution in [2.45, 2.75) is 6.61 Å². The van der Waals surface area contributed by atoms with Crippen molar-refractivity contribution < 1.29 is 9.53 Å². The molecule has 0 aliphatic heterocycles. The SMILES string of the molecule is CNC(=O)OCc1cccc(Nc2c3ccccc3nc3ccccc23)c1. The first-order valence-electron chi connectivity index (χ1n) is 8.72. The summed E-state index contributed by atoms with van der Waals surface area (Å²) in [5, 5.41) is 8.10. The van der Waals surface area contributed by atoms with Gasteiger partial charge >= 0.3 is 6.09 Å². The van der Waals surface area contributed by atoms with Crippen LogP contribution in [-0.2, 0) is 11.3 Å². The molecular weight excluding hydrogens is 338 g/mol. The van der Waals surface area contributed by atoms with E-state index in [1.807, 2.05) is 60.7 Å². The Morgan fingerprint density at radius 1 is 0.926 bits per heavy atom. The van der Waals surface area contributed by atoms with E-state index < -0.39 is 6.09 Å². The largest absolute Gasteiger partial charge is 0.445 e. The lowest BCUT2D eigenvalue weighted by molar-refractivity contribution is 0.142. The van der Waals surface area contributed by atoms with E-state index in [9.17, 15) is 4.79 Å². The van der Waals surface area contributed by atoms with Crippen molar-refractivity contribution in [1.82, 2.24) is 10.3 Å². The summed E-state index contributed by atoms with van der Waals surface area (Å²) in [6, 6.07) is 24.0. The Morgan fingerprint density at radius 3 is 2.26 bits per heavy atom. The number of pyridine rings is 1. The van der Waals surface area contributed by atoms with E-state index in [1.54, 1.807) is 7.05 Å². The first-order valence-corrected chi connectivity index (χ1v) is 8.72. The fourth-order valence-corrected chi connectivity index (χ4v) is 3.08. The number of aromatic nitrogens is 1. The number of fused-ring (bicyclic) bond motifs is 2. The fourth-order valence-electron chi connectivity index (χ4n) is 3.08. The molecular formula is C22H19N3O2. The summed E-state index contributed by atoms with van der Waals surface area (Å²) in [4.78, 5) is 16.0. The average molecular weight is 357 g/mol. The van der Waals surface area contributed by atoms with E-state index in [-0.39, 0.29) is 6.61 Å². The highest BCUT2D eigenvalue weighted by Gasteiger charge is 2.09. The molecule has 4 rings (SSSR count). The number of nitrogens with one attached hydrogen (secondary N) is 2. The van der Waals surface area contributed by atoms with Gasteiger partial charge in [-0.15, -0.1) is 0 Å². The van der Waals surface area contributed by atoms with Crippen LogP contribution >= 0.6 is 0 Å². The third kappa shape index (κ3) is 3.53. The normalized spacial score (nSPS) is 10.7. The molecule has 0 bridgehead atoms. The molecule has 0 atom stereocenters. The van der Waals surface area contributed by atoms with E-state index in [1.165, 1.54) is 0 Å². The zero-order valence-corrected chi connectivity index (χ0v) is 14.9. The zero-order valence-electron chi connectivity index (χ0n) is 14.9. The van der Waals surface area contributed by atoms with Crippen molar-refractivity contribution in [3.63, 3.8) is 0 Å². The predicted octanol–water partition coefficient (Wildman–Crippen LogP) is 4.99. The minimum atomic E-state index is -0.445. The van der Waals surface area contributed by atoms with Gasteiger partial charge in [0.05, 0.1) is 16.7 Å². The second kappa shape index (κ2) is 7.33. The number of carbonyl (C=O) groups is 1. The van der Waals surface area contributed by atoms with Crippen molar-refractivity contribution in [2.24, 2.45) is 0 Å². The van der Waals surface area contributed by atoms with E-state index in [0.29, 0.717) is 0 Å². The lowest BCUT2D eigenvalue weighted by Gasteiger charge is -2.14. The van der Waals surface area contributed by atoms with E-state index in [4.69, 9.17) is 9.72 Å². The number of nitrogens with zero attached hydrogens (tertiary/aromatic N) is 1. The Balaban J connectivity index is 1.73. The topological polar surface area (TPSA) is 63.2 Å². The number of anilines is 2. The Hall–Kier alpha value is -3.60. The molecule has 0 saturated heterocycles. The van der Waals surface area contributed by atoms with Crippen LogP contribution < -0.4 is 10.6 Å². The van der Waals surface area contributed by atoms with Crippen molar-refractivity contribution >= 4 is 39.3 Å². The monoisotopic (exact) mass is 357 g/mol. The molecule has 1 amide bonds. The number of hydrogen-bond acceptors (Lipinski definition) is 4. The molecule has 0 unspecified atom stereocenters. The molecule has 0 spiro atoms. The average Bonchev–Trinajstić information content (AvgIpc) is 2.72. The van der Waals surface area contributed by atoms with Gasteiger partial charge in [0, 0.05) is 23.5 Å². The van der Waals surface area contributed by atoms with Gasteiger partial charge in [-0.2, -0.15) is 0 Å².